The van der Waals surface area contributed by atoms with Crippen molar-refractivity contribution in [2.75, 3.05) is 33.7 Å². The van der Waals surface area contributed by atoms with Gasteiger partial charge >= 0.3 is 6.18 Å². The lowest BCUT2D eigenvalue weighted by molar-refractivity contribution is -0.135. The molecule has 0 aliphatic rings. The van der Waals surface area contributed by atoms with Crippen LogP contribution >= 0.6 is 0 Å². The molecule has 0 atom stereocenters. The van der Waals surface area contributed by atoms with Gasteiger partial charge in [-0.15, -0.1) is 0 Å². The summed E-state index contributed by atoms with van der Waals surface area (Å²) in [6.07, 6.45) is -3.52. The van der Waals surface area contributed by atoms with Crippen LogP contribution in [0.4, 0.5) is 13.2 Å². The first-order chi connectivity index (χ1) is 9.76. The summed E-state index contributed by atoms with van der Waals surface area (Å²) in [7, 11) is 3.28. The minimum Gasteiger partial charge on any atom is -0.356 e. The molecule has 124 valence electrons. The zero-order valence-corrected chi connectivity index (χ0v) is 12.9. The van der Waals surface area contributed by atoms with Crippen molar-refractivity contribution in [1.29, 1.82) is 0 Å². The van der Waals surface area contributed by atoms with Gasteiger partial charge in [-0.05, 0) is 19.3 Å². The van der Waals surface area contributed by atoms with Gasteiger partial charge in [-0.1, -0.05) is 6.92 Å². The van der Waals surface area contributed by atoms with E-state index in [0.717, 1.165) is 6.42 Å². The zero-order chi connectivity index (χ0) is 16.3. The van der Waals surface area contributed by atoms with E-state index in [1.54, 1.807) is 14.1 Å². The molecular formula is C13H25F3N4O. The Morgan fingerprint density at radius 1 is 1.14 bits per heavy atom. The number of amides is 1. The van der Waals surface area contributed by atoms with Crippen LogP contribution in [0, 0.1) is 0 Å². The first-order valence-corrected chi connectivity index (χ1v) is 7.05. The number of likely N-dealkylation sites (N-methyl/N-ethyl adjacent to an activating group) is 1. The Hall–Kier alpha value is -1.47. The van der Waals surface area contributed by atoms with E-state index < -0.39 is 12.6 Å². The van der Waals surface area contributed by atoms with Gasteiger partial charge < -0.3 is 15.5 Å². The Morgan fingerprint density at radius 2 is 1.76 bits per heavy atom. The first-order valence-electron chi connectivity index (χ1n) is 7.05. The normalized spacial score (nSPS) is 12.2. The van der Waals surface area contributed by atoms with E-state index >= 15 is 0 Å². The van der Waals surface area contributed by atoms with Crippen molar-refractivity contribution >= 4 is 11.9 Å². The molecule has 0 spiro atoms. The highest BCUT2D eigenvalue weighted by Gasteiger charge is 2.25. The molecule has 0 bridgehead atoms. The highest BCUT2D eigenvalue weighted by molar-refractivity contribution is 5.84. The van der Waals surface area contributed by atoms with Crippen LogP contribution in [-0.2, 0) is 4.79 Å². The maximum atomic E-state index is 12.0. The van der Waals surface area contributed by atoms with Gasteiger partial charge in [-0.3, -0.25) is 4.79 Å². The second-order valence-corrected chi connectivity index (χ2v) is 4.88. The van der Waals surface area contributed by atoms with E-state index in [2.05, 4.69) is 15.6 Å². The molecular weight excluding hydrogens is 285 g/mol. The Kier molecular flexibility index (Phi) is 9.56. The average molecular weight is 310 g/mol. The second-order valence-electron chi connectivity index (χ2n) is 4.88. The van der Waals surface area contributed by atoms with Crippen molar-refractivity contribution in [2.24, 2.45) is 4.99 Å². The lowest BCUT2D eigenvalue weighted by atomic mass is 10.2. The second kappa shape index (κ2) is 10.3. The predicted octanol–water partition coefficient (Wildman–Crippen LogP) is 1.75. The molecule has 8 heteroatoms. The largest absolute Gasteiger partial charge is 0.389 e. The van der Waals surface area contributed by atoms with E-state index in [0.29, 0.717) is 25.5 Å². The zero-order valence-electron chi connectivity index (χ0n) is 12.9. The number of carbonyl (C=O) groups is 1. The third-order valence-electron chi connectivity index (χ3n) is 2.59. The molecule has 0 aromatic carbocycles. The van der Waals surface area contributed by atoms with E-state index in [4.69, 9.17) is 0 Å². The van der Waals surface area contributed by atoms with Gasteiger partial charge in [0.1, 0.15) is 6.54 Å². The first kappa shape index (κ1) is 19.5. The van der Waals surface area contributed by atoms with Gasteiger partial charge in [0.15, 0.2) is 5.96 Å². The molecule has 0 aromatic heterocycles. The Morgan fingerprint density at radius 3 is 2.29 bits per heavy atom. The Balaban J connectivity index is 4.12. The Bertz CT molecular complexity index is 330. The van der Waals surface area contributed by atoms with Crippen LogP contribution in [0.15, 0.2) is 4.99 Å². The number of unbranched alkanes of at least 4 members (excludes halogenated alkanes) is 1. The van der Waals surface area contributed by atoms with Gasteiger partial charge in [-0.2, -0.15) is 13.2 Å². The third kappa shape index (κ3) is 12.0. The van der Waals surface area contributed by atoms with E-state index in [1.807, 2.05) is 6.92 Å². The van der Waals surface area contributed by atoms with Crippen molar-refractivity contribution in [3.8, 4) is 0 Å². The van der Waals surface area contributed by atoms with E-state index in [1.165, 1.54) is 4.90 Å². The third-order valence-corrected chi connectivity index (χ3v) is 2.59. The molecule has 1 amide bonds. The quantitative estimate of drug-likeness (QED) is 0.408. The molecule has 0 unspecified atom stereocenters. The SMILES string of the molecule is CCCNC(=NCC(=O)N(C)C)NCCCCC(F)(F)F. The molecule has 5 nitrogen and oxygen atoms in total. The number of nitrogens with zero attached hydrogens (tertiary/aromatic N) is 2. The van der Waals surface area contributed by atoms with Gasteiger partial charge in [0.25, 0.3) is 0 Å². The minimum atomic E-state index is -4.10. The Labute approximate surface area is 124 Å². The maximum absolute atomic E-state index is 12.0. The number of hydrogen-bond acceptors (Lipinski definition) is 2. The molecule has 0 saturated heterocycles. The lowest BCUT2D eigenvalue weighted by Crippen LogP contribution is -2.39. The monoisotopic (exact) mass is 310 g/mol. The minimum absolute atomic E-state index is 0.00853. The molecule has 2 N–H and O–H groups in total. The molecule has 0 radical (unpaired) electrons. The molecule has 0 aromatic rings. The standard InChI is InChI=1S/C13H25F3N4O/c1-4-8-17-12(19-10-11(21)20(2)3)18-9-6-5-7-13(14,15)16/h4-10H2,1-3H3,(H2,17,18,19). The highest BCUT2D eigenvalue weighted by Crippen LogP contribution is 2.21. The maximum Gasteiger partial charge on any atom is 0.389 e. The lowest BCUT2D eigenvalue weighted by Gasteiger charge is -2.13. The van der Waals surface area contributed by atoms with Crippen LogP contribution in [0.1, 0.15) is 32.6 Å². The fourth-order valence-electron chi connectivity index (χ4n) is 1.36. The number of aliphatic imine (C=N–C) groups is 1. The molecule has 0 fully saturated rings. The number of alkyl halides is 3. The topological polar surface area (TPSA) is 56.7 Å². The smallest absolute Gasteiger partial charge is 0.356 e. The summed E-state index contributed by atoms with van der Waals surface area (Å²) in [6.45, 7) is 3.07. The van der Waals surface area contributed by atoms with Crippen LogP contribution in [0.25, 0.3) is 0 Å². The summed E-state index contributed by atoms with van der Waals surface area (Å²) in [5, 5.41) is 5.95. The van der Waals surface area contributed by atoms with Crippen LogP contribution in [0.2, 0.25) is 0 Å². The number of guanidine groups is 1. The number of nitrogens with one attached hydrogen (secondary N) is 2. The highest BCUT2D eigenvalue weighted by atomic mass is 19.4. The molecule has 0 aliphatic carbocycles. The van der Waals surface area contributed by atoms with Crippen molar-refractivity contribution in [1.82, 2.24) is 15.5 Å². The molecule has 0 aliphatic heterocycles. The fourth-order valence-corrected chi connectivity index (χ4v) is 1.36. The number of rotatable bonds is 8. The van der Waals surface area contributed by atoms with E-state index in [9.17, 15) is 18.0 Å². The van der Waals surface area contributed by atoms with Crippen molar-refractivity contribution in [3.63, 3.8) is 0 Å². The van der Waals surface area contributed by atoms with Crippen molar-refractivity contribution in [3.05, 3.63) is 0 Å². The van der Waals surface area contributed by atoms with Crippen LogP contribution in [-0.4, -0.2) is 56.7 Å². The van der Waals surface area contributed by atoms with E-state index in [-0.39, 0.29) is 18.9 Å². The van der Waals surface area contributed by atoms with Crippen LogP contribution in [0.5, 0.6) is 0 Å². The summed E-state index contributed by atoms with van der Waals surface area (Å²) < 4.78 is 36.0. The molecule has 0 saturated carbocycles. The summed E-state index contributed by atoms with van der Waals surface area (Å²) in [4.78, 5) is 17.0. The fraction of sp³-hybridized carbons (Fsp3) is 0.846. The molecule has 21 heavy (non-hydrogen) atoms. The number of hydrogen-bond donors (Lipinski definition) is 2. The van der Waals surface area contributed by atoms with Gasteiger partial charge in [0.05, 0.1) is 0 Å². The van der Waals surface area contributed by atoms with Crippen LogP contribution in [0.3, 0.4) is 0 Å². The number of carbonyl (C=O) groups excluding carboxylic acids is 1. The van der Waals surface area contributed by atoms with Gasteiger partial charge in [0, 0.05) is 33.6 Å². The van der Waals surface area contributed by atoms with Crippen LogP contribution < -0.4 is 10.6 Å². The molecule has 0 rings (SSSR count). The summed E-state index contributed by atoms with van der Waals surface area (Å²) in [5.74, 6) is 0.323. The van der Waals surface area contributed by atoms with Gasteiger partial charge in [-0.25, -0.2) is 4.99 Å². The summed E-state index contributed by atoms with van der Waals surface area (Å²) in [6, 6.07) is 0. The summed E-state index contributed by atoms with van der Waals surface area (Å²) >= 11 is 0. The molecule has 0 heterocycles. The number of halogens is 3. The summed E-state index contributed by atoms with van der Waals surface area (Å²) in [5.41, 5.74) is 0. The predicted molar refractivity (Wildman–Crippen MR) is 77.2 cm³/mol. The van der Waals surface area contributed by atoms with Crippen molar-refractivity contribution < 1.29 is 18.0 Å². The van der Waals surface area contributed by atoms with Gasteiger partial charge in [0.2, 0.25) is 5.91 Å². The van der Waals surface area contributed by atoms with Crippen molar-refractivity contribution in [2.45, 2.75) is 38.8 Å². The average Bonchev–Trinajstić information content (AvgIpc) is 2.38.